The summed E-state index contributed by atoms with van der Waals surface area (Å²) in [4.78, 5) is 51.8. The SMILES string of the molecule is CCOC(=O)C1CCC2(C)C3CCC4(C)C(=O)C(C(=O)OCC)CCC4C3CCC2(C)CC1=O. The maximum atomic E-state index is 13.6. The molecule has 8 atom stereocenters. The minimum atomic E-state index is -0.645. The van der Waals surface area contributed by atoms with Gasteiger partial charge in [-0.2, -0.15) is 0 Å². The van der Waals surface area contributed by atoms with Gasteiger partial charge in [-0.3, -0.25) is 19.2 Å². The molecule has 0 bridgehead atoms. The monoisotopic (exact) mass is 474 g/mol. The molecule has 0 aromatic rings. The van der Waals surface area contributed by atoms with Crippen LogP contribution in [0.1, 0.15) is 92.4 Å². The predicted molar refractivity (Wildman–Crippen MR) is 127 cm³/mol. The number of rotatable bonds is 4. The lowest BCUT2D eigenvalue weighted by atomic mass is 9.40. The van der Waals surface area contributed by atoms with Crippen molar-refractivity contribution in [3.8, 4) is 0 Å². The van der Waals surface area contributed by atoms with Gasteiger partial charge in [0.15, 0.2) is 5.78 Å². The number of hydrogen-bond donors (Lipinski definition) is 0. The molecule has 0 spiro atoms. The summed E-state index contributed by atoms with van der Waals surface area (Å²) in [6, 6.07) is 0. The van der Waals surface area contributed by atoms with Gasteiger partial charge < -0.3 is 9.47 Å². The van der Waals surface area contributed by atoms with Crippen molar-refractivity contribution in [2.75, 3.05) is 13.2 Å². The van der Waals surface area contributed by atoms with Crippen molar-refractivity contribution in [3.63, 3.8) is 0 Å². The zero-order valence-corrected chi connectivity index (χ0v) is 21.6. The molecule has 190 valence electrons. The Morgan fingerprint density at radius 2 is 1.44 bits per heavy atom. The summed E-state index contributed by atoms with van der Waals surface area (Å²) in [5.41, 5.74) is -0.684. The summed E-state index contributed by atoms with van der Waals surface area (Å²) >= 11 is 0. The Labute approximate surface area is 203 Å². The van der Waals surface area contributed by atoms with Gasteiger partial charge in [0.25, 0.3) is 0 Å². The van der Waals surface area contributed by atoms with Crippen molar-refractivity contribution in [2.24, 2.45) is 45.8 Å². The smallest absolute Gasteiger partial charge is 0.316 e. The van der Waals surface area contributed by atoms with Crippen molar-refractivity contribution in [2.45, 2.75) is 92.4 Å². The van der Waals surface area contributed by atoms with Crippen LogP contribution in [0.15, 0.2) is 0 Å². The van der Waals surface area contributed by atoms with Crippen LogP contribution < -0.4 is 0 Å². The van der Waals surface area contributed by atoms with Crippen LogP contribution in [0.5, 0.6) is 0 Å². The van der Waals surface area contributed by atoms with Crippen molar-refractivity contribution < 1.29 is 28.7 Å². The first-order valence-corrected chi connectivity index (χ1v) is 13.4. The molecule has 4 rings (SSSR count). The fraction of sp³-hybridized carbons (Fsp3) is 0.857. The van der Waals surface area contributed by atoms with Gasteiger partial charge in [-0.05, 0) is 93.8 Å². The Morgan fingerprint density at radius 3 is 2.09 bits per heavy atom. The van der Waals surface area contributed by atoms with Gasteiger partial charge >= 0.3 is 11.9 Å². The van der Waals surface area contributed by atoms with Crippen LogP contribution >= 0.6 is 0 Å². The molecule has 0 saturated heterocycles. The number of carbonyl (C=O) groups is 4. The zero-order valence-electron chi connectivity index (χ0n) is 21.6. The molecule has 6 heteroatoms. The van der Waals surface area contributed by atoms with E-state index >= 15 is 0 Å². The summed E-state index contributed by atoms with van der Waals surface area (Å²) in [6.07, 6.45) is 6.95. The van der Waals surface area contributed by atoms with Crippen LogP contribution in [0, 0.1) is 45.8 Å². The average molecular weight is 475 g/mol. The Hall–Kier alpha value is -1.72. The Kier molecular flexibility index (Phi) is 6.76. The number of hydrogen-bond acceptors (Lipinski definition) is 6. The molecule has 0 aliphatic heterocycles. The Morgan fingerprint density at radius 1 is 0.794 bits per heavy atom. The Balaban J connectivity index is 1.60. The summed E-state index contributed by atoms with van der Waals surface area (Å²) < 4.78 is 10.5. The van der Waals surface area contributed by atoms with E-state index in [1.54, 1.807) is 13.8 Å². The number of ether oxygens (including phenoxy) is 2. The number of esters is 2. The van der Waals surface area contributed by atoms with E-state index in [1.807, 2.05) is 0 Å². The second kappa shape index (κ2) is 9.05. The summed E-state index contributed by atoms with van der Waals surface area (Å²) in [5.74, 6) is -0.768. The second-order valence-corrected chi connectivity index (χ2v) is 12.1. The first-order chi connectivity index (χ1) is 16.0. The third-order valence-electron chi connectivity index (χ3n) is 10.7. The molecule has 8 unspecified atom stereocenters. The van der Waals surface area contributed by atoms with E-state index in [0.717, 1.165) is 38.5 Å². The van der Waals surface area contributed by atoms with E-state index in [2.05, 4.69) is 20.8 Å². The fourth-order valence-corrected chi connectivity index (χ4v) is 8.58. The van der Waals surface area contributed by atoms with Gasteiger partial charge in [0.2, 0.25) is 0 Å². The molecular weight excluding hydrogens is 432 g/mol. The van der Waals surface area contributed by atoms with Crippen molar-refractivity contribution in [3.05, 3.63) is 0 Å². The fourth-order valence-electron chi connectivity index (χ4n) is 8.58. The molecule has 0 radical (unpaired) electrons. The molecule has 0 heterocycles. The van der Waals surface area contributed by atoms with E-state index in [-0.39, 0.29) is 40.3 Å². The lowest BCUT2D eigenvalue weighted by Crippen LogP contribution is -2.59. The topological polar surface area (TPSA) is 86.7 Å². The first kappa shape index (κ1) is 25.4. The van der Waals surface area contributed by atoms with Gasteiger partial charge in [-0.1, -0.05) is 20.8 Å². The highest BCUT2D eigenvalue weighted by Gasteiger charge is 2.64. The normalized spacial score (nSPS) is 44.2. The molecule has 4 aliphatic carbocycles. The van der Waals surface area contributed by atoms with Gasteiger partial charge in [0.1, 0.15) is 17.6 Å². The van der Waals surface area contributed by atoms with Gasteiger partial charge in [-0.25, -0.2) is 0 Å². The van der Waals surface area contributed by atoms with Crippen LogP contribution in [0.25, 0.3) is 0 Å². The largest absolute Gasteiger partial charge is 0.465 e. The van der Waals surface area contributed by atoms with E-state index < -0.39 is 17.3 Å². The number of Topliss-reactive ketones (excluding diaryl/α,β-unsaturated/α-hetero) is 2. The maximum Gasteiger partial charge on any atom is 0.316 e. The minimum absolute atomic E-state index is 0.0360. The van der Waals surface area contributed by atoms with Gasteiger partial charge in [0, 0.05) is 11.8 Å². The third kappa shape index (κ3) is 3.74. The number of ketones is 2. The standard InChI is InChI=1S/C28H42O6/c1-6-33-24(31)18-11-15-28(5)21-12-14-27(4)20(9-8-19(23(27)30)25(32)34-7-2)17(21)10-13-26(28,3)16-22(18)29/h17-21H,6-16H2,1-5H3. The van der Waals surface area contributed by atoms with Crippen LogP contribution in [0.4, 0.5) is 0 Å². The molecule has 4 aliphatic rings. The summed E-state index contributed by atoms with van der Waals surface area (Å²) in [6.45, 7) is 10.8. The van der Waals surface area contributed by atoms with E-state index in [1.165, 1.54) is 0 Å². The van der Waals surface area contributed by atoms with Crippen molar-refractivity contribution >= 4 is 23.5 Å². The number of fused-ring (bicyclic) bond motifs is 5. The lowest BCUT2D eigenvalue weighted by molar-refractivity contribution is -0.175. The van der Waals surface area contributed by atoms with Gasteiger partial charge in [-0.15, -0.1) is 0 Å². The molecule has 0 N–H and O–H groups in total. The van der Waals surface area contributed by atoms with Crippen LogP contribution in [-0.4, -0.2) is 36.7 Å². The number of carbonyl (C=O) groups excluding carboxylic acids is 4. The van der Waals surface area contributed by atoms with Crippen molar-refractivity contribution in [1.29, 1.82) is 0 Å². The molecule has 0 aromatic heterocycles. The van der Waals surface area contributed by atoms with Crippen LogP contribution in [0.2, 0.25) is 0 Å². The van der Waals surface area contributed by atoms with E-state index in [9.17, 15) is 19.2 Å². The third-order valence-corrected chi connectivity index (χ3v) is 10.7. The molecule has 0 amide bonds. The van der Waals surface area contributed by atoms with E-state index in [0.29, 0.717) is 44.3 Å². The highest BCUT2D eigenvalue weighted by atomic mass is 16.5. The second-order valence-electron chi connectivity index (χ2n) is 12.1. The predicted octanol–water partition coefficient (Wildman–Crippen LogP) is 4.92. The molecule has 4 fully saturated rings. The van der Waals surface area contributed by atoms with E-state index in [4.69, 9.17) is 9.47 Å². The average Bonchev–Trinajstić information content (AvgIpc) is 2.88. The highest BCUT2D eigenvalue weighted by molar-refractivity contribution is 6.02. The minimum Gasteiger partial charge on any atom is -0.465 e. The molecule has 0 aromatic carbocycles. The zero-order chi connectivity index (χ0) is 24.9. The summed E-state index contributed by atoms with van der Waals surface area (Å²) in [5, 5.41) is 0. The first-order valence-electron chi connectivity index (χ1n) is 13.4. The van der Waals surface area contributed by atoms with Gasteiger partial charge in [0.05, 0.1) is 13.2 Å². The molecule has 6 nitrogen and oxygen atoms in total. The summed E-state index contributed by atoms with van der Waals surface area (Å²) in [7, 11) is 0. The van der Waals surface area contributed by atoms with Crippen molar-refractivity contribution in [1.82, 2.24) is 0 Å². The van der Waals surface area contributed by atoms with Crippen LogP contribution in [-0.2, 0) is 28.7 Å². The highest BCUT2D eigenvalue weighted by Crippen LogP contribution is 2.68. The molecule has 4 saturated carbocycles. The quantitative estimate of drug-likeness (QED) is 0.425. The maximum absolute atomic E-state index is 13.6. The lowest BCUT2D eigenvalue weighted by Gasteiger charge is -2.63. The molecular formula is C28H42O6. The molecule has 34 heavy (non-hydrogen) atoms. The Bertz CT molecular complexity index is 865. The van der Waals surface area contributed by atoms with Crippen LogP contribution in [0.3, 0.4) is 0 Å².